The monoisotopic (exact) mass is 273 g/mol. The lowest BCUT2D eigenvalue weighted by Gasteiger charge is -2.00. The molecule has 0 unspecified atom stereocenters. The minimum absolute atomic E-state index is 0.139. The van der Waals surface area contributed by atoms with Crippen molar-refractivity contribution in [2.75, 3.05) is 0 Å². The van der Waals surface area contributed by atoms with Gasteiger partial charge in [0.05, 0.1) is 10.7 Å². The van der Waals surface area contributed by atoms with Gasteiger partial charge in [0.25, 0.3) is 0 Å². The highest BCUT2D eigenvalue weighted by molar-refractivity contribution is 7.09. The normalized spacial score (nSPS) is 14.3. The van der Waals surface area contributed by atoms with Gasteiger partial charge in [-0.3, -0.25) is 9.78 Å². The van der Waals surface area contributed by atoms with Crippen molar-refractivity contribution in [1.82, 2.24) is 15.3 Å². The second-order valence-corrected chi connectivity index (χ2v) is 5.65. The minimum atomic E-state index is 0.139. The summed E-state index contributed by atoms with van der Waals surface area (Å²) in [6.07, 6.45) is 7.06. The van der Waals surface area contributed by atoms with Crippen molar-refractivity contribution in [3.8, 4) is 11.3 Å². The summed E-state index contributed by atoms with van der Waals surface area (Å²) < 4.78 is 0. The summed E-state index contributed by atoms with van der Waals surface area (Å²) in [5, 5.41) is 6.01. The zero-order valence-corrected chi connectivity index (χ0v) is 11.3. The van der Waals surface area contributed by atoms with Crippen LogP contribution in [0.3, 0.4) is 0 Å². The Hall–Kier alpha value is -1.75. The van der Waals surface area contributed by atoms with Gasteiger partial charge in [0, 0.05) is 42.2 Å². The summed E-state index contributed by atoms with van der Waals surface area (Å²) in [5.41, 5.74) is 1.96. The van der Waals surface area contributed by atoms with Crippen LogP contribution in [0.1, 0.15) is 24.3 Å². The smallest absolute Gasteiger partial charge is 0.220 e. The molecule has 4 nitrogen and oxygen atoms in total. The molecule has 0 radical (unpaired) electrons. The standard InChI is InChI=1S/C14H15N3OS/c18-13(16-11-3-4-11)5-6-14-17-12(9-19-14)10-2-1-7-15-8-10/h1-2,7-9,11H,3-6H2,(H,16,18). The maximum atomic E-state index is 11.6. The van der Waals surface area contributed by atoms with Crippen molar-refractivity contribution in [1.29, 1.82) is 0 Å². The number of nitrogens with one attached hydrogen (secondary N) is 1. The van der Waals surface area contributed by atoms with Crippen LogP contribution in [0.25, 0.3) is 11.3 Å². The molecule has 1 fully saturated rings. The van der Waals surface area contributed by atoms with E-state index < -0.39 is 0 Å². The second-order valence-electron chi connectivity index (χ2n) is 4.71. The molecule has 0 aromatic carbocycles. The summed E-state index contributed by atoms with van der Waals surface area (Å²) >= 11 is 1.60. The molecule has 0 bridgehead atoms. The van der Waals surface area contributed by atoms with Gasteiger partial charge in [-0.05, 0) is 25.0 Å². The van der Waals surface area contributed by atoms with Crippen molar-refractivity contribution in [3.05, 3.63) is 34.9 Å². The topological polar surface area (TPSA) is 54.9 Å². The molecule has 0 spiro atoms. The molecule has 1 amide bonds. The fourth-order valence-electron chi connectivity index (χ4n) is 1.82. The third-order valence-electron chi connectivity index (χ3n) is 3.02. The fourth-order valence-corrected chi connectivity index (χ4v) is 2.63. The van der Waals surface area contributed by atoms with Gasteiger partial charge in [0.2, 0.25) is 5.91 Å². The molecule has 98 valence electrons. The van der Waals surface area contributed by atoms with Gasteiger partial charge < -0.3 is 5.32 Å². The van der Waals surface area contributed by atoms with Gasteiger partial charge in [-0.2, -0.15) is 0 Å². The van der Waals surface area contributed by atoms with E-state index in [-0.39, 0.29) is 5.91 Å². The highest BCUT2D eigenvalue weighted by Crippen LogP contribution is 2.22. The van der Waals surface area contributed by atoms with Crippen LogP contribution in [0.4, 0.5) is 0 Å². The molecule has 2 aromatic heterocycles. The van der Waals surface area contributed by atoms with Crippen molar-refractivity contribution in [2.24, 2.45) is 0 Å². The van der Waals surface area contributed by atoms with Crippen LogP contribution in [0.2, 0.25) is 0 Å². The average Bonchev–Trinajstić information content (AvgIpc) is 3.12. The van der Waals surface area contributed by atoms with E-state index in [0.29, 0.717) is 18.9 Å². The van der Waals surface area contributed by atoms with Crippen LogP contribution in [0, 0.1) is 0 Å². The van der Waals surface area contributed by atoms with E-state index >= 15 is 0 Å². The number of nitrogens with zero attached hydrogens (tertiary/aromatic N) is 2. The van der Waals surface area contributed by atoms with E-state index in [0.717, 1.165) is 29.1 Å². The molecule has 0 aliphatic heterocycles. The molecular weight excluding hydrogens is 258 g/mol. The molecule has 1 N–H and O–H groups in total. The Morgan fingerprint density at radius 2 is 2.37 bits per heavy atom. The molecule has 5 heteroatoms. The fraction of sp³-hybridized carbons (Fsp3) is 0.357. The highest BCUT2D eigenvalue weighted by Gasteiger charge is 2.22. The number of hydrogen-bond acceptors (Lipinski definition) is 4. The maximum Gasteiger partial charge on any atom is 0.220 e. The van der Waals surface area contributed by atoms with E-state index in [4.69, 9.17) is 0 Å². The molecule has 1 aliphatic carbocycles. The number of amides is 1. The van der Waals surface area contributed by atoms with Crippen LogP contribution < -0.4 is 5.32 Å². The summed E-state index contributed by atoms with van der Waals surface area (Å²) in [7, 11) is 0. The Kier molecular flexibility index (Phi) is 3.55. The molecule has 1 saturated carbocycles. The lowest BCUT2D eigenvalue weighted by Crippen LogP contribution is -2.25. The van der Waals surface area contributed by atoms with Crippen LogP contribution >= 0.6 is 11.3 Å². The first kappa shape index (κ1) is 12.3. The lowest BCUT2D eigenvalue weighted by molar-refractivity contribution is -0.121. The zero-order valence-electron chi connectivity index (χ0n) is 10.5. The van der Waals surface area contributed by atoms with Crippen LogP contribution in [-0.2, 0) is 11.2 Å². The molecule has 0 saturated heterocycles. The third kappa shape index (κ3) is 3.38. The summed E-state index contributed by atoms with van der Waals surface area (Å²) in [5.74, 6) is 0.139. The minimum Gasteiger partial charge on any atom is -0.353 e. The SMILES string of the molecule is O=C(CCc1nc(-c2cccnc2)cs1)NC1CC1. The molecule has 2 heterocycles. The molecule has 2 aromatic rings. The predicted molar refractivity (Wildman–Crippen MR) is 74.8 cm³/mol. The first-order valence-corrected chi connectivity index (χ1v) is 7.33. The maximum absolute atomic E-state index is 11.6. The Bertz CT molecular complexity index is 563. The zero-order chi connectivity index (χ0) is 13.1. The number of rotatable bonds is 5. The number of thiazole rings is 1. The van der Waals surface area contributed by atoms with Crippen LogP contribution in [-0.4, -0.2) is 21.9 Å². The van der Waals surface area contributed by atoms with E-state index in [1.807, 2.05) is 17.5 Å². The lowest BCUT2D eigenvalue weighted by atomic mass is 10.2. The van der Waals surface area contributed by atoms with E-state index in [1.165, 1.54) is 0 Å². The number of carbonyl (C=O) groups excluding carboxylic acids is 1. The number of hydrogen-bond donors (Lipinski definition) is 1. The van der Waals surface area contributed by atoms with Gasteiger partial charge in [-0.25, -0.2) is 4.98 Å². The van der Waals surface area contributed by atoms with E-state index in [1.54, 1.807) is 23.7 Å². The van der Waals surface area contributed by atoms with Crippen LogP contribution in [0.5, 0.6) is 0 Å². The molecule has 0 atom stereocenters. The Balaban J connectivity index is 1.57. The van der Waals surface area contributed by atoms with Gasteiger partial charge in [-0.15, -0.1) is 11.3 Å². The number of carbonyl (C=O) groups is 1. The molecule has 19 heavy (non-hydrogen) atoms. The summed E-state index contributed by atoms with van der Waals surface area (Å²) in [4.78, 5) is 20.2. The average molecular weight is 273 g/mol. The Labute approximate surface area is 115 Å². The van der Waals surface area contributed by atoms with Gasteiger partial charge >= 0.3 is 0 Å². The molecule has 3 rings (SSSR count). The van der Waals surface area contributed by atoms with Crippen LogP contribution in [0.15, 0.2) is 29.9 Å². The van der Waals surface area contributed by atoms with Gasteiger partial charge in [0.15, 0.2) is 0 Å². The number of aromatic nitrogens is 2. The predicted octanol–water partition coefficient (Wildman–Crippen LogP) is 2.42. The third-order valence-corrected chi connectivity index (χ3v) is 3.93. The largest absolute Gasteiger partial charge is 0.353 e. The number of pyridine rings is 1. The van der Waals surface area contributed by atoms with Crippen molar-refractivity contribution in [3.63, 3.8) is 0 Å². The summed E-state index contributed by atoms with van der Waals surface area (Å²) in [6.45, 7) is 0. The summed E-state index contributed by atoms with van der Waals surface area (Å²) in [6, 6.07) is 4.33. The number of aryl methyl sites for hydroxylation is 1. The van der Waals surface area contributed by atoms with Crippen molar-refractivity contribution in [2.45, 2.75) is 31.7 Å². The van der Waals surface area contributed by atoms with Crippen molar-refractivity contribution >= 4 is 17.2 Å². The second kappa shape index (κ2) is 5.48. The quantitative estimate of drug-likeness (QED) is 0.910. The van der Waals surface area contributed by atoms with Gasteiger partial charge in [0.1, 0.15) is 0 Å². The first-order valence-electron chi connectivity index (χ1n) is 6.45. The highest BCUT2D eigenvalue weighted by atomic mass is 32.1. The molecular formula is C14H15N3OS. The van der Waals surface area contributed by atoms with E-state index in [2.05, 4.69) is 15.3 Å². The first-order chi connectivity index (χ1) is 9.31. The Morgan fingerprint density at radius 1 is 1.47 bits per heavy atom. The Morgan fingerprint density at radius 3 is 3.11 bits per heavy atom. The van der Waals surface area contributed by atoms with E-state index in [9.17, 15) is 4.79 Å². The molecule has 1 aliphatic rings. The van der Waals surface area contributed by atoms with Crippen molar-refractivity contribution < 1.29 is 4.79 Å². The van der Waals surface area contributed by atoms with Gasteiger partial charge in [-0.1, -0.05) is 0 Å².